The minimum atomic E-state index is -0.438. The van der Waals surface area contributed by atoms with Crippen LogP contribution in [-0.2, 0) is 15.3 Å². The van der Waals surface area contributed by atoms with Gasteiger partial charge in [0.1, 0.15) is 0 Å². The molecule has 3 aromatic rings. The molecule has 0 aliphatic rings. The van der Waals surface area contributed by atoms with Gasteiger partial charge in [-0.25, -0.2) is 5.43 Å². The van der Waals surface area contributed by atoms with Crippen LogP contribution in [0.2, 0.25) is 0 Å². The Bertz CT molecular complexity index is 1130. The predicted octanol–water partition coefficient (Wildman–Crippen LogP) is 4.32. The van der Waals surface area contributed by atoms with E-state index in [0.717, 1.165) is 14.4 Å². The van der Waals surface area contributed by atoms with E-state index in [9.17, 15) is 9.59 Å². The number of amides is 1. The van der Waals surface area contributed by atoms with Gasteiger partial charge in [0.25, 0.3) is 5.91 Å². The van der Waals surface area contributed by atoms with Crippen LogP contribution in [-0.4, -0.2) is 41.2 Å². The molecule has 172 valence electrons. The minimum absolute atomic E-state index is 0.170. The fraction of sp³-hybridized carbons (Fsp3) is 0.227. The van der Waals surface area contributed by atoms with Crippen molar-refractivity contribution in [3.63, 3.8) is 0 Å². The summed E-state index contributed by atoms with van der Waals surface area (Å²) in [6.07, 6.45) is 1.48. The van der Waals surface area contributed by atoms with Crippen LogP contribution >= 0.6 is 34.9 Å². The molecule has 0 bridgehead atoms. The van der Waals surface area contributed by atoms with Crippen LogP contribution in [0.1, 0.15) is 23.6 Å². The van der Waals surface area contributed by atoms with Gasteiger partial charge in [-0.1, -0.05) is 64.7 Å². The fourth-order valence-electron chi connectivity index (χ4n) is 2.49. The number of hydrogen-bond acceptors (Lipinski definition) is 10. The monoisotopic (exact) mass is 502 g/mol. The van der Waals surface area contributed by atoms with Crippen molar-refractivity contribution in [1.29, 1.82) is 0 Å². The molecule has 0 aliphatic carbocycles. The molecule has 0 unspecified atom stereocenters. The average Bonchev–Trinajstić information content (AvgIpc) is 3.26. The molecule has 0 fully saturated rings. The van der Waals surface area contributed by atoms with E-state index in [2.05, 4.69) is 51.9 Å². The standard InChI is InChI=1S/C22H22N4O4S3/c1-14-4-6-16(7-5-14)12-31-21-25-26-22(33-21)32-13-20(28)24-23-11-17-8-9-18(30-15(2)27)19(10-17)29-3/h4-11H,12-13H2,1-3H3,(H,24,28)/b23-11-. The molecule has 8 nitrogen and oxygen atoms in total. The molecule has 0 saturated carbocycles. The van der Waals surface area contributed by atoms with E-state index in [0.29, 0.717) is 17.1 Å². The summed E-state index contributed by atoms with van der Waals surface area (Å²) in [5, 5.41) is 12.3. The van der Waals surface area contributed by atoms with Crippen molar-refractivity contribution in [1.82, 2.24) is 15.6 Å². The van der Waals surface area contributed by atoms with E-state index >= 15 is 0 Å². The van der Waals surface area contributed by atoms with E-state index in [1.165, 1.54) is 54.5 Å². The summed E-state index contributed by atoms with van der Waals surface area (Å²) in [5.41, 5.74) is 5.62. The van der Waals surface area contributed by atoms with Crippen LogP contribution in [0.15, 0.2) is 56.2 Å². The zero-order valence-electron chi connectivity index (χ0n) is 18.2. The first-order valence-electron chi connectivity index (χ1n) is 9.76. The molecule has 0 spiro atoms. The van der Waals surface area contributed by atoms with Crippen LogP contribution in [0.5, 0.6) is 11.5 Å². The highest BCUT2D eigenvalue weighted by Gasteiger charge is 2.10. The Kier molecular flexibility index (Phi) is 9.28. The summed E-state index contributed by atoms with van der Waals surface area (Å²) in [7, 11) is 1.47. The third-order valence-electron chi connectivity index (χ3n) is 4.04. The quantitative estimate of drug-likeness (QED) is 0.144. The second-order valence-corrected chi connectivity index (χ2v) is 10.1. The van der Waals surface area contributed by atoms with E-state index in [1.54, 1.807) is 30.0 Å². The number of carbonyl (C=O) groups is 2. The summed E-state index contributed by atoms with van der Waals surface area (Å²) >= 11 is 4.40. The Hall–Kier alpha value is -2.89. The number of carbonyl (C=O) groups excluding carboxylic acids is 2. The number of aryl methyl sites for hydroxylation is 1. The average molecular weight is 503 g/mol. The van der Waals surface area contributed by atoms with Gasteiger partial charge in [-0.2, -0.15) is 5.10 Å². The molecule has 2 aromatic carbocycles. The number of methoxy groups -OCH3 is 1. The molecule has 3 rings (SSSR count). The Morgan fingerprint density at radius 3 is 2.52 bits per heavy atom. The smallest absolute Gasteiger partial charge is 0.308 e. The van der Waals surface area contributed by atoms with Crippen LogP contribution in [0, 0.1) is 6.92 Å². The van der Waals surface area contributed by atoms with Crippen molar-refractivity contribution in [2.75, 3.05) is 12.9 Å². The summed E-state index contributed by atoms with van der Waals surface area (Å²) < 4.78 is 11.9. The lowest BCUT2D eigenvalue weighted by molar-refractivity contribution is -0.132. The molecule has 1 amide bonds. The maximum absolute atomic E-state index is 12.1. The first-order valence-corrected chi connectivity index (χ1v) is 12.5. The normalized spacial score (nSPS) is 10.9. The number of benzene rings is 2. The predicted molar refractivity (Wildman–Crippen MR) is 131 cm³/mol. The molecule has 33 heavy (non-hydrogen) atoms. The molecular weight excluding hydrogens is 480 g/mol. The third-order valence-corrected chi connectivity index (χ3v) is 7.30. The van der Waals surface area contributed by atoms with Gasteiger partial charge in [0.2, 0.25) is 0 Å². The zero-order valence-corrected chi connectivity index (χ0v) is 20.7. The summed E-state index contributed by atoms with van der Waals surface area (Å²) in [6.45, 7) is 3.38. The maximum atomic E-state index is 12.1. The summed E-state index contributed by atoms with van der Waals surface area (Å²) in [6, 6.07) is 13.3. The second kappa shape index (κ2) is 12.4. The van der Waals surface area contributed by atoms with Gasteiger partial charge in [0, 0.05) is 12.7 Å². The third kappa shape index (κ3) is 8.19. The number of hydrazone groups is 1. The molecule has 1 aromatic heterocycles. The first-order chi connectivity index (χ1) is 15.9. The van der Waals surface area contributed by atoms with Gasteiger partial charge < -0.3 is 9.47 Å². The number of aromatic nitrogens is 2. The number of esters is 1. The van der Waals surface area contributed by atoms with Crippen molar-refractivity contribution in [2.24, 2.45) is 5.10 Å². The molecule has 0 atom stereocenters. The molecule has 0 saturated heterocycles. The summed E-state index contributed by atoms with van der Waals surface area (Å²) in [5.74, 6) is 1.00. The van der Waals surface area contributed by atoms with Gasteiger partial charge in [-0.3, -0.25) is 9.59 Å². The molecule has 1 N–H and O–H groups in total. The SMILES string of the molecule is COc1cc(/C=N\NC(=O)CSc2nnc(SCc3ccc(C)cc3)s2)ccc1OC(C)=O. The van der Waals surface area contributed by atoms with Gasteiger partial charge >= 0.3 is 5.97 Å². The fourth-order valence-corrected chi connectivity index (χ4v) is 5.25. The lowest BCUT2D eigenvalue weighted by atomic mass is 10.2. The number of hydrogen-bond donors (Lipinski definition) is 1. The van der Waals surface area contributed by atoms with Crippen LogP contribution < -0.4 is 14.9 Å². The van der Waals surface area contributed by atoms with Crippen LogP contribution in [0.3, 0.4) is 0 Å². The maximum Gasteiger partial charge on any atom is 0.308 e. The van der Waals surface area contributed by atoms with Gasteiger partial charge in [-0.15, -0.1) is 10.2 Å². The highest BCUT2D eigenvalue weighted by molar-refractivity contribution is 8.03. The van der Waals surface area contributed by atoms with Crippen molar-refractivity contribution >= 4 is 53.0 Å². The van der Waals surface area contributed by atoms with Crippen LogP contribution in [0.25, 0.3) is 0 Å². The molecule has 0 aliphatic heterocycles. The van der Waals surface area contributed by atoms with Crippen molar-refractivity contribution in [3.05, 3.63) is 59.2 Å². The Morgan fingerprint density at radius 2 is 1.82 bits per heavy atom. The molecule has 0 radical (unpaired) electrons. The Balaban J connectivity index is 1.43. The highest BCUT2D eigenvalue weighted by atomic mass is 32.2. The number of ether oxygens (including phenoxy) is 2. The van der Waals surface area contributed by atoms with E-state index in [4.69, 9.17) is 9.47 Å². The largest absolute Gasteiger partial charge is 0.493 e. The molecule has 1 heterocycles. The van der Waals surface area contributed by atoms with Crippen molar-refractivity contribution in [2.45, 2.75) is 28.3 Å². The highest BCUT2D eigenvalue weighted by Crippen LogP contribution is 2.31. The topological polar surface area (TPSA) is 103 Å². The van der Waals surface area contributed by atoms with E-state index < -0.39 is 5.97 Å². The second-order valence-electron chi connectivity index (χ2n) is 6.69. The number of nitrogens with zero attached hydrogens (tertiary/aromatic N) is 3. The Morgan fingerprint density at radius 1 is 1.09 bits per heavy atom. The molecule has 11 heteroatoms. The van der Waals surface area contributed by atoms with Crippen molar-refractivity contribution in [3.8, 4) is 11.5 Å². The zero-order chi connectivity index (χ0) is 23.6. The Labute approximate surface area is 204 Å². The van der Waals surface area contributed by atoms with E-state index in [-0.39, 0.29) is 11.7 Å². The van der Waals surface area contributed by atoms with Crippen LogP contribution in [0.4, 0.5) is 0 Å². The number of rotatable bonds is 10. The minimum Gasteiger partial charge on any atom is -0.493 e. The number of nitrogens with one attached hydrogen (secondary N) is 1. The lowest BCUT2D eigenvalue weighted by Crippen LogP contribution is -2.19. The first kappa shape index (κ1) is 24.7. The van der Waals surface area contributed by atoms with Gasteiger partial charge in [0.15, 0.2) is 20.2 Å². The van der Waals surface area contributed by atoms with Crippen molar-refractivity contribution < 1.29 is 19.1 Å². The lowest BCUT2D eigenvalue weighted by Gasteiger charge is -2.08. The number of thioether (sulfide) groups is 2. The van der Waals surface area contributed by atoms with E-state index in [1.807, 2.05) is 0 Å². The molecular formula is C22H22N4O4S3. The van der Waals surface area contributed by atoms with Gasteiger partial charge in [-0.05, 0) is 36.2 Å². The van der Waals surface area contributed by atoms with Gasteiger partial charge in [0.05, 0.1) is 19.1 Å². The summed E-state index contributed by atoms with van der Waals surface area (Å²) in [4.78, 5) is 23.2.